The molecule has 0 saturated heterocycles. The fourth-order valence-corrected chi connectivity index (χ4v) is 3.31. The molecule has 0 fully saturated rings. The maximum atomic E-state index is 12.9. The molecule has 0 amide bonds. The van der Waals surface area contributed by atoms with E-state index in [9.17, 15) is 14.4 Å². The highest BCUT2D eigenvalue weighted by molar-refractivity contribution is 9.11. The molecule has 7 nitrogen and oxygen atoms in total. The third-order valence-electron chi connectivity index (χ3n) is 3.96. The molecule has 3 rings (SSSR count). The van der Waals surface area contributed by atoms with Gasteiger partial charge in [-0.2, -0.15) is 0 Å². The molecule has 0 N–H and O–H groups in total. The summed E-state index contributed by atoms with van der Waals surface area (Å²) in [6.45, 7) is 0.0466. The molecule has 0 radical (unpaired) electrons. The molecule has 2 heterocycles. The molecule has 9 heteroatoms. The van der Waals surface area contributed by atoms with Crippen molar-refractivity contribution in [1.82, 2.24) is 18.7 Å². The van der Waals surface area contributed by atoms with E-state index >= 15 is 0 Å². The van der Waals surface area contributed by atoms with Crippen LogP contribution in [-0.2, 0) is 20.1 Å². The molecule has 1 aromatic carbocycles. The predicted octanol–water partition coefficient (Wildman–Crippen LogP) is 2.45. The minimum atomic E-state index is -0.583. The van der Waals surface area contributed by atoms with Crippen LogP contribution in [-0.4, -0.2) is 24.5 Å². The van der Waals surface area contributed by atoms with E-state index in [0.717, 1.165) is 4.57 Å². The average Bonchev–Trinajstić information content (AvgIpc) is 2.98. The van der Waals surface area contributed by atoms with Crippen molar-refractivity contribution in [3.63, 3.8) is 0 Å². The van der Waals surface area contributed by atoms with Crippen LogP contribution in [0.1, 0.15) is 10.4 Å². The Labute approximate surface area is 164 Å². The van der Waals surface area contributed by atoms with E-state index in [0.29, 0.717) is 16.8 Å². The predicted molar refractivity (Wildman–Crippen MR) is 106 cm³/mol. The van der Waals surface area contributed by atoms with Gasteiger partial charge in [0.2, 0.25) is 0 Å². The van der Waals surface area contributed by atoms with Gasteiger partial charge in [0.1, 0.15) is 0 Å². The van der Waals surface area contributed by atoms with Crippen molar-refractivity contribution >= 4 is 48.8 Å². The third kappa shape index (κ3) is 3.24. The molecule has 0 aliphatic rings. The van der Waals surface area contributed by atoms with E-state index in [1.54, 1.807) is 46.0 Å². The summed E-state index contributed by atoms with van der Waals surface area (Å²) < 4.78 is 4.28. The SMILES string of the molecule is Cn1c(=O)n(CC(=O)c2ccccc2)c(=O)c2c1nc(Br)n2CC=CBr. The van der Waals surface area contributed by atoms with Gasteiger partial charge in [0.15, 0.2) is 21.7 Å². The fraction of sp³-hybridized carbons (Fsp3) is 0.176. The standard InChI is InChI=1S/C17H14Br2N4O3/c1-21-14-13(22(9-5-8-18)16(19)20-14)15(25)23(17(21)26)10-12(24)11-6-3-2-4-7-11/h2-8H,9-10H2,1H3. The lowest BCUT2D eigenvalue weighted by Crippen LogP contribution is -2.41. The first-order valence-corrected chi connectivity index (χ1v) is 9.35. The summed E-state index contributed by atoms with van der Waals surface area (Å²) in [6, 6.07) is 8.56. The van der Waals surface area contributed by atoms with Gasteiger partial charge in [0, 0.05) is 19.2 Å². The zero-order valence-electron chi connectivity index (χ0n) is 13.7. The Kier molecular flexibility index (Phi) is 5.38. The first-order chi connectivity index (χ1) is 12.5. The number of aryl methyl sites for hydroxylation is 1. The number of rotatable bonds is 5. The van der Waals surface area contributed by atoms with Crippen molar-refractivity contribution in [3.8, 4) is 0 Å². The van der Waals surface area contributed by atoms with Crippen LogP contribution in [0.5, 0.6) is 0 Å². The van der Waals surface area contributed by atoms with E-state index in [4.69, 9.17) is 0 Å². The first-order valence-electron chi connectivity index (χ1n) is 7.64. The van der Waals surface area contributed by atoms with Gasteiger partial charge in [-0.05, 0) is 20.9 Å². The maximum absolute atomic E-state index is 12.9. The molecule has 0 aliphatic carbocycles. The lowest BCUT2D eigenvalue weighted by Gasteiger charge is -2.09. The molecule has 0 spiro atoms. The molecule has 134 valence electrons. The van der Waals surface area contributed by atoms with Gasteiger partial charge in [-0.1, -0.05) is 52.3 Å². The Bertz CT molecular complexity index is 1130. The molecule has 0 bridgehead atoms. The van der Waals surface area contributed by atoms with Gasteiger partial charge in [0.05, 0.1) is 6.54 Å². The quantitative estimate of drug-likeness (QED) is 0.414. The largest absolute Gasteiger partial charge is 0.332 e. The Morgan fingerprint density at radius 1 is 1.19 bits per heavy atom. The highest BCUT2D eigenvalue weighted by Gasteiger charge is 2.20. The van der Waals surface area contributed by atoms with E-state index < -0.39 is 11.2 Å². The highest BCUT2D eigenvalue weighted by Crippen LogP contribution is 2.16. The van der Waals surface area contributed by atoms with Crippen molar-refractivity contribution in [2.75, 3.05) is 0 Å². The number of hydrogen-bond acceptors (Lipinski definition) is 4. The smallest absolute Gasteiger partial charge is 0.309 e. The van der Waals surface area contributed by atoms with Crippen LogP contribution in [0.25, 0.3) is 11.2 Å². The monoisotopic (exact) mass is 480 g/mol. The second kappa shape index (κ2) is 7.55. The lowest BCUT2D eigenvalue weighted by atomic mass is 10.1. The number of carbonyl (C=O) groups is 1. The van der Waals surface area contributed by atoms with E-state index in [1.807, 2.05) is 0 Å². The van der Waals surface area contributed by atoms with Gasteiger partial charge in [-0.15, -0.1) is 0 Å². The van der Waals surface area contributed by atoms with E-state index in [-0.39, 0.29) is 23.5 Å². The van der Waals surface area contributed by atoms with Crippen LogP contribution in [0.3, 0.4) is 0 Å². The molecule has 0 saturated carbocycles. The number of fused-ring (bicyclic) bond motifs is 1. The second-order valence-electron chi connectivity index (χ2n) is 5.55. The summed E-state index contributed by atoms with van der Waals surface area (Å²) in [5.41, 5.74) is -0.171. The van der Waals surface area contributed by atoms with E-state index in [1.165, 1.54) is 11.6 Å². The van der Waals surface area contributed by atoms with Crippen molar-refractivity contribution in [2.24, 2.45) is 7.05 Å². The van der Waals surface area contributed by atoms with Gasteiger partial charge in [-0.3, -0.25) is 18.7 Å². The Morgan fingerprint density at radius 2 is 1.88 bits per heavy atom. The van der Waals surface area contributed by atoms with Crippen molar-refractivity contribution in [2.45, 2.75) is 13.1 Å². The molecule has 3 aromatic rings. The number of imidazole rings is 1. The summed E-state index contributed by atoms with van der Waals surface area (Å²) in [6.07, 6.45) is 1.79. The Hall–Kier alpha value is -2.26. The molecule has 26 heavy (non-hydrogen) atoms. The van der Waals surface area contributed by atoms with Gasteiger partial charge < -0.3 is 4.57 Å². The number of hydrogen-bond donors (Lipinski definition) is 0. The summed E-state index contributed by atoms with van der Waals surface area (Å²) in [5.74, 6) is -0.311. The zero-order chi connectivity index (χ0) is 18.8. The number of halogens is 2. The Balaban J connectivity index is 2.18. The molecule has 0 unspecified atom stereocenters. The number of allylic oxidation sites excluding steroid dienone is 1. The average molecular weight is 482 g/mol. The van der Waals surface area contributed by atoms with E-state index in [2.05, 4.69) is 36.8 Å². The number of Topliss-reactive ketones (excluding diaryl/α,β-unsaturated/α-hetero) is 1. The summed E-state index contributed by atoms with van der Waals surface area (Å²) in [4.78, 5) is 43.9. The molecule has 0 aliphatic heterocycles. The number of benzene rings is 1. The summed E-state index contributed by atoms with van der Waals surface area (Å²) >= 11 is 6.51. The van der Waals surface area contributed by atoms with Crippen LogP contribution < -0.4 is 11.2 Å². The maximum Gasteiger partial charge on any atom is 0.332 e. The summed E-state index contributed by atoms with van der Waals surface area (Å²) in [7, 11) is 1.53. The van der Waals surface area contributed by atoms with Crippen LogP contribution in [0.2, 0.25) is 0 Å². The second-order valence-corrected chi connectivity index (χ2v) is 6.79. The third-order valence-corrected chi connectivity index (χ3v) is 4.94. The number of aromatic nitrogens is 4. The molecular weight excluding hydrogens is 468 g/mol. The topological polar surface area (TPSA) is 78.9 Å². The fourth-order valence-electron chi connectivity index (χ4n) is 2.66. The molecular formula is C17H14Br2N4O3. The number of nitrogens with zero attached hydrogens (tertiary/aromatic N) is 4. The van der Waals surface area contributed by atoms with Crippen molar-refractivity contribution < 1.29 is 4.79 Å². The summed E-state index contributed by atoms with van der Waals surface area (Å²) in [5, 5.41) is 0. The zero-order valence-corrected chi connectivity index (χ0v) is 16.9. The minimum absolute atomic E-state index is 0.255. The molecule has 0 atom stereocenters. The first kappa shape index (κ1) is 18.5. The van der Waals surface area contributed by atoms with Gasteiger partial charge in [0.25, 0.3) is 5.56 Å². The Morgan fingerprint density at radius 3 is 2.54 bits per heavy atom. The van der Waals surface area contributed by atoms with Crippen LogP contribution in [0.15, 0.2) is 55.7 Å². The number of carbonyl (C=O) groups excluding carboxylic acids is 1. The minimum Gasteiger partial charge on any atom is -0.309 e. The van der Waals surface area contributed by atoms with Gasteiger partial charge in [-0.25, -0.2) is 9.78 Å². The highest BCUT2D eigenvalue weighted by atomic mass is 79.9. The van der Waals surface area contributed by atoms with Crippen molar-refractivity contribution in [3.05, 3.63) is 72.5 Å². The number of ketones is 1. The van der Waals surface area contributed by atoms with Crippen molar-refractivity contribution in [1.29, 1.82) is 0 Å². The van der Waals surface area contributed by atoms with Crippen LogP contribution in [0, 0.1) is 0 Å². The van der Waals surface area contributed by atoms with Crippen LogP contribution >= 0.6 is 31.9 Å². The lowest BCUT2D eigenvalue weighted by molar-refractivity contribution is 0.0969. The van der Waals surface area contributed by atoms with Gasteiger partial charge >= 0.3 is 5.69 Å². The normalized spacial score (nSPS) is 11.5. The molecule has 2 aromatic heterocycles. The van der Waals surface area contributed by atoms with Crippen LogP contribution in [0.4, 0.5) is 0 Å².